The van der Waals surface area contributed by atoms with Crippen LogP contribution in [-0.2, 0) is 0 Å². The minimum atomic E-state index is 0.563. The van der Waals surface area contributed by atoms with Gasteiger partial charge in [-0.15, -0.1) is 22.7 Å². The van der Waals surface area contributed by atoms with Gasteiger partial charge in [-0.2, -0.15) is 0 Å². The highest BCUT2D eigenvalue weighted by atomic mass is 35.5. The zero-order chi connectivity index (χ0) is 7.68. The summed E-state index contributed by atoms with van der Waals surface area (Å²) in [6.07, 6.45) is 1.74. The van der Waals surface area contributed by atoms with Gasteiger partial charge >= 0.3 is 0 Å². The molecule has 0 aliphatic carbocycles. The smallest absolute Gasteiger partial charge is 0.184 e. The molecular formula is C6H3ClN2S2. The highest BCUT2D eigenvalue weighted by Crippen LogP contribution is 2.27. The fourth-order valence-corrected chi connectivity index (χ4v) is 2.24. The third kappa shape index (κ3) is 1.42. The molecule has 0 atom stereocenters. The second kappa shape index (κ2) is 2.89. The summed E-state index contributed by atoms with van der Waals surface area (Å²) in [5.74, 6) is 0. The molecule has 0 N–H and O–H groups in total. The van der Waals surface area contributed by atoms with E-state index in [0.717, 1.165) is 10.6 Å². The monoisotopic (exact) mass is 202 g/mol. The average Bonchev–Trinajstić information content (AvgIpc) is 2.55. The standard InChI is InChI=1S/C6H3ClN2S2/c7-6-8-1-5(11-6)4-2-10-3-9-4/h1-3H. The Labute approximate surface area is 76.5 Å². The first-order valence-electron chi connectivity index (χ1n) is 2.86. The normalized spacial score (nSPS) is 10.3. The Morgan fingerprint density at radius 1 is 1.36 bits per heavy atom. The highest BCUT2D eigenvalue weighted by Gasteiger charge is 2.02. The van der Waals surface area contributed by atoms with Gasteiger partial charge in [-0.3, -0.25) is 0 Å². The van der Waals surface area contributed by atoms with E-state index in [1.54, 1.807) is 23.0 Å². The summed E-state index contributed by atoms with van der Waals surface area (Å²) in [6.45, 7) is 0. The SMILES string of the molecule is Clc1ncc(-c2cscn2)s1. The lowest BCUT2D eigenvalue weighted by Gasteiger charge is -1.82. The van der Waals surface area contributed by atoms with Crippen LogP contribution in [0.2, 0.25) is 4.47 Å². The third-order valence-electron chi connectivity index (χ3n) is 1.16. The van der Waals surface area contributed by atoms with Crippen molar-refractivity contribution in [1.82, 2.24) is 9.97 Å². The molecule has 0 aromatic carbocycles. The fourth-order valence-electron chi connectivity index (χ4n) is 0.705. The van der Waals surface area contributed by atoms with Gasteiger partial charge in [-0.1, -0.05) is 11.6 Å². The maximum Gasteiger partial charge on any atom is 0.184 e. The van der Waals surface area contributed by atoms with E-state index in [9.17, 15) is 0 Å². The molecule has 0 unspecified atom stereocenters. The van der Waals surface area contributed by atoms with Crippen LogP contribution < -0.4 is 0 Å². The molecule has 11 heavy (non-hydrogen) atoms. The number of nitrogens with zero attached hydrogens (tertiary/aromatic N) is 2. The van der Waals surface area contributed by atoms with Crippen LogP contribution in [-0.4, -0.2) is 9.97 Å². The number of aromatic nitrogens is 2. The summed E-state index contributed by atoms with van der Waals surface area (Å²) in [7, 11) is 0. The summed E-state index contributed by atoms with van der Waals surface area (Å²) in [5.41, 5.74) is 2.75. The lowest BCUT2D eigenvalue weighted by molar-refractivity contribution is 1.39. The Morgan fingerprint density at radius 3 is 2.82 bits per heavy atom. The van der Waals surface area contributed by atoms with Crippen molar-refractivity contribution in [2.24, 2.45) is 0 Å². The van der Waals surface area contributed by atoms with Crippen molar-refractivity contribution in [3.8, 4) is 10.6 Å². The maximum absolute atomic E-state index is 5.66. The maximum atomic E-state index is 5.66. The number of hydrogen-bond acceptors (Lipinski definition) is 4. The largest absolute Gasteiger partial charge is 0.244 e. The summed E-state index contributed by atoms with van der Waals surface area (Å²) in [4.78, 5) is 9.08. The Kier molecular flexibility index (Phi) is 1.89. The van der Waals surface area contributed by atoms with Gasteiger partial charge < -0.3 is 0 Å². The second-order valence-corrected chi connectivity index (χ2v) is 4.18. The van der Waals surface area contributed by atoms with Crippen LogP contribution in [0.15, 0.2) is 17.1 Å². The molecule has 0 amide bonds. The molecule has 0 saturated heterocycles. The van der Waals surface area contributed by atoms with Crippen molar-refractivity contribution in [1.29, 1.82) is 0 Å². The average molecular weight is 203 g/mol. The molecule has 56 valence electrons. The third-order valence-corrected chi connectivity index (χ3v) is 2.89. The van der Waals surface area contributed by atoms with E-state index in [1.165, 1.54) is 11.3 Å². The van der Waals surface area contributed by atoms with Gasteiger partial charge in [0, 0.05) is 11.6 Å². The predicted octanol–water partition coefficient (Wildman–Crippen LogP) is 2.92. The van der Waals surface area contributed by atoms with Gasteiger partial charge in [0.1, 0.15) is 0 Å². The Balaban J connectivity index is 2.45. The first-order valence-corrected chi connectivity index (χ1v) is 5.00. The quantitative estimate of drug-likeness (QED) is 0.711. The van der Waals surface area contributed by atoms with E-state index < -0.39 is 0 Å². The van der Waals surface area contributed by atoms with Crippen LogP contribution in [0.1, 0.15) is 0 Å². The molecule has 0 spiro atoms. The molecule has 2 rings (SSSR count). The van der Waals surface area contributed by atoms with Crippen LogP contribution >= 0.6 is 34.3 Å². The van der Waals surface area contributed by atoms with Crippen molar-refractivity contribution in [3.63, 3.8) is 0 Å². The fraction of sp³-hybridized carbons (Fsp3) is 0. The summed E-state index contributed by atoms with van der Waals surface area (Å²) >= 11 is 8.67. The number of hydrogen-bond donors (Lipinski definition) is 0. The molecule has 2 nitrogen and oxygen atoms in total. The van der Waals surface area contributed by atoms with E-state index in [-0.39, 0.29) is 0 Å². The van der Waals surface area contributed by atoms with E-state index in [2.05, 4.69) is 9.97 Å². The molecule has 5 heteroatoms. The Morgan fingerprint density at radius 2 is 2.27 bits per heavy atom. The molecule has 0 saturated carbocycles. The van der Waals surface area contributed by atoms with E-state index in [1.807, 2.05) is 5.38 Å². The van der Waals surface area contributed by atoms with Crippen LogP contribution in [0.5, 0.6) is 0 Å². The molecule has 2 heterocycles. The Bertz CT molecular complexity index is 341. The van der Waals surface area contributed by atoms with Gasteiger partial charge in [0.15, 0.2) is 4.47 Å². The number of halogens is 1. The van der Waals surface area contributed by atoms with Gasteiger partial charge in [0.2, 0.25) is 0 Å². The zero-order valence-corrected chi connectivity index (χ0v) is 7.71. The topological polar surface area (TPSA) is 25.8 Å². The van der Waals surface area contributed by atoms with Gasteiger partial charge in [-0.05, 0) is 0 Å². The van der Waals surface area contributed by atoms with Gasteiger partial charge in [-0.25, -0.2) is 9.97 Å². The van der Waals surface area contributed by atoms with Crippen LogP contribution in [0.25, 0.3) is 10.6 Å². The predicted molar refractivity (Wildman–Crippen MR) is 48.2 cm³/mol. The summed E-state index contributed by atoms with van der Waals surface area (Å²) < 4.78 is 0.563. The van der Waals surface area contributed by atoms with Crippen molar-refractivity contribution in [2.75, 3.05) is 0 Å². The van der Waals surface area contributed by atoms with E-state index in [0.29, 0.717) is 4.47 Å². The summed E-state index contributed by atoms with van der Waals surface area (Å²) in [5, 5.41) is 1.98. The first-order chi connectivity index (χ1) is 5.36. The number of rotatable bonds is 1. The molecule has 0 bridgehead atoms. The molecule has 2 aromatic rings. The molecule has 0 aliphatic heterocycles. The summed E-state index contributed by atoms with van der Waals surface area (Å²) in [6, 6.07) is 0. The second-order valence-electron chi connectivity index (χ2n) is 1.85. The lowest BCUT2D eigenvalue weighted by atomic mass is 10.4. The number of thiazole rings is 2. The first kappa shape index (κ1) is 7.21. The van der Waals surface area contributed by atoms with Gasteiger partial charge in [0.25, 0.3) is 0 Å². The minimum Gasteiger partial charge on any atom is -0.244 e. The zero-order valence-electron chi connectivity index (χ0n) is 5.32. The van der Waals surface area contributed by atoms with Crippen LogP contribution in [0.4, 0.5) is 0 Å². The van der Waals surface area contributed by atoms with Crippen molar-refractivity contribution >= 4 is 34.3 Å². The van der Waals surface area contributed by atoms with E-state index >= 15 is 0 Å². The highest BCUT2D eigenvalue weighted by molar-refractivity contribution is 7.19. The van der Waals surface area contributed by atoms with Gasteiger partial charge in [0.05, 0.1) is 16.1 Å². The molecule has 0 aliphatic rings. The lowest BCUT2D eigenvalue weighted by Crippen LogP contribution is -1.66. The molecule has 0 radical (unpaired) electrons. The Hall–Kier alpha value is -0.450. The van der Waals surface area contributed by atoms with Crippen LogP contribution in [0.3, 0.4) is 0 Å². The van der Waals surface area contributed by atoms with Crippen molar-refractivity contribution < 1.29 is 0 Å². The van der Waals surface area contributed by atoms with Crippen molar-refractivity contribution in [2.45, 2.75) is 0 Å². The molecular weight excluding hydrogens is 200 g/mol. The molecule has 0 fully saturated rings. The minimum absolute atomic E-state index is 0.563. The van der Waals surface area contributed by atoms with Crippen molar-refractivity contribution in [3.05, 3.63) is 21.6 Å². The van der Waals surface area contributed by atoms with Crippen LogP contribution in [0, 0.1) is 0 Å². The molecule has 2 aromatic heterocycles. The van der Waals surface area contributed by atoms with E-state index in [4.69, 9.17) is 11.6 Å².